The number of rotatable bonds is 16. The van der Waals surface area contributed by atoms with Crippen LogP contribution in [-0.2, 0) is 14.4 Å². The highest BCUT2D eigenvalue weighted by Gasteiger charge is 2.31. The number of nitrogens with zero attached hydrogens (tertiary/aromatic N) is 5. The zero-order valence-electron chi connectivity index (χ0n) is 32.4. The summed E-state index contributed by atoms with van der Waals surface area (Å²) in [5.41, 5.74) is 3.20. The molecular weight excluding hydrogens is 731 g/mol. The van der Waals surface area contributed by atoms with Gasteiger partial charge in [-0.05, 0) is 92.8 Å². The second-order valence-corrected chi connectivity index (χ2v) is 15.5. The summed E-state index contributed by atoms with van der Waals surface area (Å²) in [4.78, 5) is 58.2. The molecule has 0 radical (unpaired) electrons. The van der Waals surface area contributed by atoms with Crippen LogP contribution < -0.4 is 20.9 Å². The highest BCUT2D eigenvalue weighted by atomic mass is 19.1. The van der Waals surface area contributed by atoms with E-state index in [2.05, 4.69) is 33.2 Å². The largest absolute Gasteiger partial charge is 0.374 e. The normalized spacial score (nSPS) is 18.9. The second-order valence-electron chi connectivity index (χ2n) is 15.5. The number of piperidine rings is 2. The minimum absolute atomic E-state index is 0.223. The predicted molar refractivity (Wildman–Crippen MR) is 213 cm³/mol. The highest BCUT2D eigenvalue weighted by molar-refractivity contribution is 6.01. The van der Waals surface area contributed by atoms with Crippen molar-refractivity contribution in [3.05, 3.63) is 89.2 Å². The third kappa shape index (κ3) is 9.95. The average Bonchev–Trinajstić information content (AvgIpc) is 3.88. The SMILES string of the molecule is O=C1CCC(Nc2ccc(C3CCN(C(=O)CCCCCCCCCNC(=O)c4cnn5ccc(N6CCC[C@@H]6c6cc(F)ccc6F)nc45)CC3)cc2)C(=O)N1. The Bertz CT molecular complexity index is 2050. The third-order valence-corrected chi connectivity index (χ3v) is 11.6. The summed E-state index contributed by atoms with van der Waals surface area (Å²) in [6, 6.07) is 12.7. The van der Waals surface area contributed by atoms with Gasteiger partial charge in [-0.15, -0.1) is 0 Å². The molecule has 0 saturated carbocycles. The lowest BCUT2D eigenvalue weighted by molar-refractivity contribution is -0.134. The first-order chi connectivity index (χ1) is 27.7. The van der Waals surface area contributed by atoms with E-state index in [9.17, 15) is 28.0 Å². The molecule has 3 saturated heterocycles. The molecule has 2 aromatic heterocycles. The van der Waals surface area contributed by atoms with E-state index in [1.807, 2.05) is 21.9 Å². The molecule has 12 nitrogen and oxygen atoms in total. The van der Waals surface area contributed by atoms with Crippen molar-refractivity contribution in [2.45, 2.75) is 108 Å². The standard InChI is InChI=1S/C43H52F2N8O4/c44-31-13-16-35(45)33(27-31)37-9-8-23-52(37)38-21-26-53-41(49-38)34(28-47-53)42(56)46-22-7-5-3-1-2-4-6-10-40(55)51-24-19-30(20-25-51)29-11-14-32(15-12-29)48-36-17-18-39(54)50-43(36)57/h11-16,21,26-28,30,36-37,48H,1-10,17-20,22-25H2,(H,46,56)(H,50,54,57)/t36?,37-/m1/s1. The molecule has 2 atom stereocenters. The van der Waals surface area contributed by atoms with Gasteiger partial charge in [0, 0.05) is 56.5 Å². The topological polar surface area (TPSA) is 141 Å². The maximum atomic E-state index is 14.6. The summed E-state index contributed by atoms with van der Waals surface area (Å²) < 4.78 is 30.2. The van der Waals surface area contributed by atoms with Crippen LogP contribution in [0.3, 0.4) is 0 Å². The number of nitrogens with one attached hydrogen (secondary N) is 3. The molecule has 3 aliphatic heterocycles. The number of amides is 4. The van der Waals surface area contributed by atoms with E-state index in [0.717, 1.165) is 95.1 Å². The minimum atomic E-state index is -0.477. The Hall–Kier alpha value is -5.40. The summed E-state index contributed by atoms with van der Waals surface area (Å²) in [5, 5.41) is 12.9. The number of carbonyl (C=O) groups is 4. The molecule has 57 heavy (non-hydrogen) atoms. The number of hydrogen-bond donors (Lipinski definition) is 3. The van der Waals surface area contributed by atoms with Crippen molar-refractivity contribution in [1.82, 2.24) is 30.1 Å². The Labute approximate surface area is 331 Å². The Morgan fingerprint density at radius 2 is 1.61 bits per heavy atom. The van der Waals surface area contributed by atoms with Gasteiger partial charge in [0.2, 0.25) is 17.7 Å². The van der Waals surface area contributed by atoms with Crippen LogP contribution in [0.4, 0.5) is 20.3 Å². The van der Waals surface area contributed by atoms with E-state index in [4.69, 9.17) is 4.98 Å². The maximum Gasteiger partial charge on any atom is 0.256 e. The molecule has 3 fully saturated rings. The monoisotopic (exact) mass is 782 g/mol. The number of anilines is 2. The second kappa shape index (κ2) is 18.7. The van der Waals surface area contributed by atoms with Crippen molar-refractivity contribution in [1.29, 1.82) is 0 Å². The van der Waals surface area contributed by atoms with Crippen molar-refractivity contribution in [3.63, 3.8) is 0 Å². The first-order valence-corrected chi connectivity index (χ1v) is 20.6. The van der Waals surface area contributed by atoms with Crippen LogP contribution in [0.15, 0.2) is 60.9 Å². The smallest absolute Gasteiger partial charge is 0.256 e. The van der Waals surface area contributed by atoms with Gasteiger partial charge in [0.1, 0.15) is 29.1 Å². The van der Waals surface area contributed by atoms with E-state index >= 15 is 0 Å². The van der Waals surface area contributed by atoms with E-state index in [-0.39, 0.29) is 29.7 Å². The number of halogens is 2. The van der Waals surface area contributed by atoms with Crippen LogP contribution in [-0.4, -0.2) is 75.3 Å². The summed E-state index contributed by atoms with van der Waals surface area (Å²) in [7, 11) is 0. The summed E-state index contributed by atoms with van der Waals surface area (Å²) in [6.07, 6.45) is 15.0. The fourth-order valence-corrected chi connectivity index (χ4v) is 8.40. The fourth-order valence-electron chi connectivity index (χ4n) is 8.40. The van der Waals surface area contributed by atoms with E-state index in [0.29, 0.717) is 67.3 Å². The van der Waals surface area contributed by atoms with Gasteiger partial charge in [0.05, 0.1) is 12.2 Å². The van der Waals surface area contributed by atoms with Gasteiger partial charge >= 0.3 is 0 Å². The first-order valence-electron chi connectivity index (χ1n) is 20.6. The molecule has 0 aliphatic carbocycles. The number of fused-ring (bicyclic) bond motifs is 1. The molecule has 3 aliphatic rings. The molecule has 0 spiro atoms. The van der Waals surface area contributed by atoms with Gasteiger partial charge in [-0.2, -0.15) is 5.10 Å². The number of unbranched alkanes of at least 4 members (excludes halogenated alkanes) is 6. The van der Waals surface area contributed by atoms with Gasteiger partial charge in [-0.3, -0.25) is 24.5 Å². The van der Waals surface area contributed by atoms with E-state index in [1.54, 1.807) is 16.8 Å². The maximum absolute atomic E-state index is 14.6. The van der Waals surface area contributed by atoms with Gasteiger partial charge in [0.25, 0.3) is 5.91 Å². The van der Waals surface area contributed by atoms with Crippen LogP contribution in [0.1, 0.15) is 123 Å². The number of imide groups is 1. The van der Waals surface area contributed by atoms with Gasteiger partial charge in [0.15, 0.2) is 5.65 Å². The first kappa shape index (κ1) is 39.8. The zero-order valence-corrected chi connectivity index (χ0v) is 32.4. The summed E-state index contributed by atoms with van der Waals surface area (Å²) in [6.45, 7) is 2.72. The number of hydrogen-bond acceptors (Lipinski definition) is 8. The van der Waals surface area contributed by atoms with Crippen LogP contribution in [0.2, 0.25) is 0 Å². The number of likely N-dealkylation sites (tertiary alicyclic amines) is 1. The Morgan fingerprint density at radius 1 is 0.860 bits per heavy atom. The molecule has 1 unspecified atom stereocenters. The average molecular weight is 783 g/mol. The Balaban J connectivity index is 0.749. The predicted octanol–water partition coefficient (Wildman–Crippen LogP) is 6.82. The fraction of sp³-hybridized carbons (Fsp3) is 0.488. The number of benzene rings is 2. The van der Waals surface area contributed by atoms with Gasteiger partial charge in [-0.25, -0.2) is 18.3 Å². The van der Waals surface area contributed by atoms with Crippen molar-refractivity contribution in [2.24, 2.45) is 0 Å². The molecule has 4 aromatic rings. The summed E-state index contributed by atoms with van der Waals surface area (Å²) in [5.74, 6) is -0.428. The molecular formula is C43H52F2N8O4. The molecule has 7 rings (SSSR count). The van der Waals surface area contributed by atoms with Crippen LogP contribution in [0.25, 0.3) is 5.65 Å². The van der Waals surface area contributed by atoms with Crippen molar-refractivity contribution in [3.8, 4) is 0 Å². The van der Waals surface area contributed by atoms with Crippen LogP contribution in [0, 0.1) is 11.6 Å². The molecule has 3 N–H and O–H groups in total. The van der Waals surface area contributed by atoms with Crippen molar-refractivity contribution < 1.29 is 28.0 Å². The molecule has 4 amide bonds. The van der Waals surface area contributed by atoms with E-state index in [1.165, 1.54) is 17.8 Å². The molecule has 302 valence electrons. The van der Waals surface area contributed by atoms with E-state index < -0.39 is 17.7 Å². The quantitative estimate of drug-likeness (QED) is 0.0831. The number of aromatic nitrogens is 3. The Morgan fingerprint density at radius 3 is 2.39 bits per heavy atom. The molecule has 14 heteroatoms. The summed E-state index contributed by atoms with van der Waals surface area (Å²) >= 11 is 0. The lowest BCUT2D eigenvalue weighted by Crippen LogP contribution is -2.47. The highest BCUT2D eigenvalue weighted by Crippen LogP contribution is 2.37. The van der Waals surface area contributed by atoms with Crippen molar-refractivity contribution in [2.75, 3.05) is 36.4 Å². The van der Waals surface area contributed by atoms with Crippen LogP contribution >= 0.6 is 0 Å². The van der Waals surface area contributed by atoms with Crippen molar-refractivity contribution >= 4 is 40.8 Å². The lowest BCUT2D eigenvalue weighted by atomic mass is 9.89. The Kier molecular flexibility index (Phi) is 13.1. The number of carbonyl (C=O) groups excluding carboxylic acids is 4. The third-order valence-electron chi connectivity index (χ3n) is 11.6. The molecule has 0 bridgehead atoms. The molecule has 2 aromatic carbocycles. The minimum Gasteiger partial charge on any atom is -0.374 e. The van der Waals surface area contributed by atoms with Crippen LogP contribution in [0.5, 0.6) is 0 Å². The lowest BCUT2D eigenvalue weighted by Gasteiger charge is -2.32. The zero-order chi connectivity index (χ0) is 39.7. The van der Waals surface area contributed by atoms with Gasteiger partial charge < -0.3 is 20.4 Å². The molecule has 5 heterocycles. The van der Waals surface area contributed by atoms with Gasteiger partial charge in [-0.1, -0.05) is 44.2 Å².